The predicted octanol–water partition coefficient (Wildman–Crippen LogP) is 5.97. The molecule has 0 aromatic heterocycles. The molecular formula is C21H28BrClN2O4. The van der Waals surface area contributed by atoms with Crippen LogP contribution in [0.2, 0.25) is 5.02 Å². The number of ether oxygens (including phenoxy) is 2. The smallest absolute Gasteiger partial charge is 0.415 e. The van der Waals surface area contributed by atoms with Gasteiger partial charge in [-0.15, -0.1) is 0 Å². The zero-order valence-electron chi connectivity index (χ0n) is 17.6. The molecule has 2 amide bonds. The molecular weight excluding hydrogens is 460 g/mol. The highest BCUT2D eigenvalue weighted by atomic mass is 79.9. The molecule has 6 nitrogen and oxygen atoms in total. The number of benzene rings is 1. The maximum absolute atomic E-state index is 12.4. The van der Waals surface area contributed by atoms with E-state index in [4.69, 9.17) is 21.1 Å². The standard InChI is InChI=1S/C21H28BrClN2O4/c1-6-24(7-2)19(26)28-16-9-8-15(22)18(23)17(16)14-10-12-25(13-11-14)20(27)29-21(3,4)5/h8-10H,6-7,11-13H2,1-5H3. The van der Waals surface area contributed by atoms with E-state index in [-0.39, 0.29) is 6.09 Å². The van der Waals surface area contributed by atoms with Gasteiger partial charge < -0.3 is 19.3 Å². The minimum absolute atomic E-state index is 0.346. The van der Waals surface area contributed by atoms with Crippen LogP contribution in [0.3, 0.4) is 0 Å². The molecule has 1 aromatic rings. The van der Waals surface area contributed by atoms with Gasteiger partial charge in [-0.25, -0.2) is 9.59 Å². The monoisotopic (exact) mass is 486 g/mol. The molecule has 0 unspecified atom stereocenters. The lowest BCUT2D eigenvalue weighted by molar-refractivity contribution is 0.0270. The first-order valence-corrected chi connectivity index (χ1v) is 10.9. The van der Waals surface area contributed by atoms with Crippen molar-refractivity contribution in [2.45, 2.75) is 46.6 Å². The van der Waals surface area contributed by atoms with Gasteiger partial charge in [-0.1, -0.05) is 17.7 Å². The number of hydrogen-bond donors (Lipinski definition) is 0. The molecule has 1 aromatic carbocycles. The van der Waals surface area contributed by atoms with Crippen molar-refractivity contribution in [1.82, 2.24) is 9.80 Å². The first kappa shape index (κ1) is 23.5. The van der Waals surface area contributed by atoms with Gasteiger partial charge in [0, 0.05) is 36.2 Å². The van der Waals surface area contributed by atoms with E-state index in [0.29, 0.717) is 53.4 Å². The van der Waals surface area contributed by atoms with E-state index in [1.54, 1.807) is 21.9 Å². The average molecular weight is 488 g/mol. The summed E-state index contributed by atoms with van der Waals surface area (Å²) in [5.41, 5.74) is 1.06. The fraction of sp³-hybridized carbons (Fsp3) is 0.524. The minimum atomic E-state index is -0.541. The molecule has 0 saturated heterocycles. The van der Waals surface area contributed by atoms with E-state index in [9.17, 15) is 9.59 Å². The highest BCUT2D eigenvalue weighted by Crippen LogP contribution is 2.40. The molecule has 0 fully saturated rings. The predicted molar refractivity (Wildman–Crippen MR) is 118 cm³/mol. The van der Waals surface area contributed by atoms with Crippen LogP contribution in [0.1, 0.15) is 46.6 Å². The second-order valence-electron chi connectivity index (χ2n) is 7.68. The highest BCUT2D eigenvalue weighted by molar-refractivity contribution is 9.10. The summed E-state index contributed by atoms with van der Waals surface area (Å²) in [5, 5.41) is 0.479. The Balaban J connectivity index is 2.27. The van der Waals surface area contributed by atoms with Crippen molar-refractivity contribution in [2.75, 3.05) is 26.2 Å². The van der Waals surface area contributed by atoms with Crippen LogP contribution in [0.5, 0.6) is 5.75 Å². The normalized spacial score (nSPS) is 14.3. The Bertz CT molecular complexity index is 801. The van der Waals surface area contributed by atoms with E-state index in [1.165, 1.54) is 0 Å². The molecule has 0 N–H and O–H groups in total. The number of nitrogens with zero attached hydrogens (tertiary/aromatic N) is 2. The van der Waals surface area contributed by atoms with Gasteiger partial charge in [0.25, 0.3) is 0 Å². The molecule has 0 spiro atoms. The van der Waals surface area contributed by atoms with Crippen molar-refractivity contribution in [2.24, 2.45) is 0 Å². The Kier molecular flexibility index (Phi) is 8.00. The summed E-state index contributed by atoms with van der Waals surface area (Å²) in [4.78, 5) is 28.0. The third-order valence-corrected chi connectivity index (χ3v) is 5.74. The number of hydrogen-bond acceptors (Lipinski definition) is 4. The molecule has 0 radical (unpaired) electrons. The van der Waals surface area contributed by atoms with Crippen LogP contribution in [0.4, 0.5) is 9.59 Å². The van der Waals surface area contributed by atoms with Gasteiger partial charge in [-0.3, -0.25) is 0 Å². The van der Waals surface area contributed by atoms with E-state index < -0.39 is 11.7 Å². The number of amides is 2. The Morgan fingerprint density at radius 1 is 1.24 bits per heavy atom. The maximum atomic E-state index is 12.4. The van der Waals surface area contributed by atoms with Crippen molar-refractivity contribution in [3.63, 3.8) is 0 Å². The van der Waals surface area contributed by atoms with Crippen LogP contribution in [0, 0.1) is 0 Å². The maximum Gasteiger partial charge on any atom is 0.415 e. The van der Waals surface area contributed by atoms with E-state index >= 15 is 0 Å². The molecule has 0 saturated carbocycles. The van der Waals surface area contributed by atoms with Crippen molar-refractivity contribution in [3.8, 4) is 5.75 Å². The number of carbonyl (C=O) groups is 2. The fourth-order valence-corrected chi connectivity index (χ4v) is 3.55. The van der Waals surface area contributed by atoms with Gasteiger partial charge in [0.1, 0.15) is 11.4 Å². The minimum Gasteiger partial charge on any atom is -0.444 e. The second kappa shape index (κ2) is 9.85. The summed E-state index contributed by atoms with van der Waals surface area (Å²) < 4.78 is 11.8. The first-order chi connectivity index (χ1) is 13.6. The van der Waals surface area contributed by atoms with Crippen molar-refractivity contribution in [1.29, 1.82) is 0 Å². The topological polar surface area (TPSA) is 59.1 Å². The molecule has 1 heterocycles. The van der Waals surface area contributed by atoms with Gasteiger partial charge >= 0.3 is 12.2 Å². The molecule has 0 bridgehead atoms. The SMILES string of the molecule is CCN(CC)C(=O)Oc1ccc(Br)c(Cl)c1C1=CCN(C(=O)OC(C)(C)C)CC1. The largest absolute Gasteiger partial charge is 0.444 e. The Morgan fingerprint density at radius 3 is 2.41 bits per heavy atom. The Hall–Kier alpha value is -1.73. The lowest BCUT2D eigenvalue weighted by Gasteiger charge is -2.30. The molecule has 1 aliphatic heterocycles. The summed E-state index contributed by atoms with van der Waals surface area (Å²) in [6.45, 7) is 11.3. The second-order valence-corrected chi connectivity index (χ2v) is 8.91. The van der Waals surface area contributed by atoms with E-state index in [1.807, 2.05) is 40.7 Å². The van der Waals surface area contributed by atoms with Crippen LogP contribution >= 0.6 is 27.5 Å². The molecule has 2 rings (SSSR count). The lowest BCUT2D eigenvalue weighted by atomic mass is 9.98. The van der Waals surface area contributed by atoms with Crippen LogP contribution in [0.25, 0.3) is 5.57 Å². The molecule has 1 aliphatic rings. The zero-order chi connectivity index (χ0) is 21.8. The lowest BCUT2D eigenvalue weighted by Crippen LogP contribution is -2.39. The van der Waals surface area contributed by atoms with Crippen molar-refractivity contribution < 1.29 is 19.1 Å². The van der Waals surface area contributed by atoms with Crippen LogP contribution in [-0.2, 0) is 4.74 Å². The van der Waals surface area contributed by atoms with Gasteiger partial charge in [-0.05, 0) is 74.7 Å². The zero-order valence-corrected chi connectivity index (χ0v) is 19.9. The quantitative estimate of drug-likeness (QED) is 0.525. The summed E-state index contributed by atoms with van der Waals surface area (Å²) >= 11 is 9.99. The number of rotatable bonds is 4. The van der Waals surface area contributed by atoms with Gasteiger partial charge in [-0.2, -0.15) is 0 Å². The average Bonchev–Trinajstić information content (AvgIpc) is 2.65. The molecule has 160 valence electrons. The van der Waals surface area contributed by atoms with Gasteiger partial charge in [0.2, 0.25) is 0 Å². The first-order valence-electron chi connectivity index (χ1n) is 9.69. The summed E-state index contributed by atoms with van der Waals surface area (Å²) in [5.74, 6) is 0.409. The highest BCUT2D eigenvalue weighted by Gasteiger charge is 2.26. The molecule has 8 heteroatoms. The van der Waals surface area contributed by atoms with E-state index in [2.05, 4.69) is 15.9 Å². The Labute approximate surface area is 185 Å². The van der Waals surface area contributed by atoms with Crippen LogP contribution < -0.4 is 4.74 Å². The number of carbonyl (C=O) groups excluding carboxylic acids is 2. The van der Waals surface area contributed by atoms with Gasteiger partial charge in [0.05, 0.1) is 5.02 Å². The summed E-state index contributed by atoms with van der Waals surface area (Å²) in [6.07, 6.45) is 1.74. The van der Waals surface area contributed by atoms with Crippen molar-refractivity contribution >= 4 is 45.3 Å². The molecule has 0 atom stereocenters. The molecule has 0 aliphatic carbocycles. The summed E-state index contributed by atoms with van der Waals surface area (Å²) in [7, 11) is 0. The van der Waals surface area contributed by atoms with Gasteiger partial charge in [0.15, 0.2) is 0 Å². The Morgan fingerprint density at radius 2 is 1.90 bits per heavy atom. The number of halogens is 2. The van der Waals surface area contributed by atoms with Crippen LogP contribution in [0.15, 0.2) is 22.7 Å². The van der Waals surface area contributed by atoms with Crippen LogP contribution in [-0.4, -0.2) is 53.8 Å². The van der Waals surface area contributed by atoms with E-state index in [0.717, 1.165) is 5.57 Å². The summed E-state index contributed by atoms with van der Waals surface area (Å²) in [6, 6.07) is 3.49. The fourth-order valence-electron chi connectivity index (χ4n) is 2.95. The van der Waals surface area contributed by atoms with Crippen molar-refractivity contribution in [3.05, 3.63) is 33.3 Å². The third kappa shape index (κ3) is 6.12. The third-order valence-electron chi connectivity index (χ3n) is 4.46. The molecule has 29 heavy (non-hydrogen) atoms.